The van der Waals surface area contributed by atoms with Gasteiger partial charge in [-0.05, 0) is 20.8 Å². The van der Waals surface area contributed by atoms with Crippen molar-refractivity contribution >= 4 is 11.9 Å². The minimum absolute atomic E-state index is 0.0390. The average Bonchev–Trinajstić information content (AvgIpc) is 2.33. The molecule has 1 N–H and O–H groups in total. The zero-order valence-corrected chi connectivity index (χ0v) is 12.0. The Balaban J connectivity index is 5.03. The van der Waals surface area contributed by atoms with E-state index in [1.165, 1.54) is 6.92 Å². The van der Waals surface area contributed by atoms with Crippen LogP contribution in [0.4, 0.5) is 0 Å². The fourth-order valence-electron chi connectivity index (χ4n) is 1.42. The molecule has 6 heteroatoms. The van der Waals surface area contributed by atoms with Crippen molar-refractivity contribution in [1.29, 1.82) is 5.26 Å². The summed E-state index contributed by atoms with van der Waals surface area (Å²) in [5, 5.41) is 11.6. The molecule has 1 atom stereocenters. The first kappa shape index (κ1) is 17.4. The van der Waals surface area contributed by atoms with Gasteiger partial charge >= 0.3 is 5.97 Å². The molecule has 0 rings (SSSR count). The molecule has 0 saturated heterocycles. The van der Waals surface area contributed by atoms with Gasteiger partial charge in [0.2, 0.25) is 5.91 Å². The SMILES string of the molecule is CCNC(=O)C(CC#N)(COC(C)=O)COC(C)C. The van der Waals surface area contributed by atoms with Crippen LogP contribution in [0, 0.1) is 16.7 Å². The molecule has 0 aromatic heterocycles. The fourth-order valence-corrected chi connectivity index (χ4v) is 1.42. The van der Waals surface area contributed by atoms with Crippen molar-refractivity contribution in [3.63, 3.8) is 0 Å². The summed E-state index contributed by atoms with van der Waals surface area (Å²) in [4.78, 5) is 23.1. The molecule has 1 unspecified atom stereocenters. The Kier molecular flexibility index (Phi) is 7.77. The van der Waals surface area contributed by atoms with Gasteiger partial charge in [0.1, 0.15) is 12.0 Å². The van der Waals surface area contributed by atoms with E-state index in [0.29, 0.717) is 6.54 Å². The second-order valence-electron chi connectivity index (χ2n) is 4.61. The lowest BCUT2D eigenvalue weighted by atomic mass is 9.85. The van der Waals surface area contributed by atoms with Gasteiger partial charge in [0.25, 0.3) is 0 Å². The van der Waals surface area contributed by atoms with E-state index in [0.717, 1.165) is 0 Å². The largest absolute Gasteiger partial charge is 0.465 e. The smallest absolute Gasteiger partial charge is 0.302 e. The van der Waals surface area contributed by atoms with E-state index < -0.39 is 11.4 Å². The molecule has 0 spiro atoms. The standard InChI is InChI=1S/C13H22N2O4/c1-5-15-12(17)13(6-7-14,8-18-10(2)3)9-19-11(4)16/h10H,5-6,8-9H2,1-4H3,(H,15,17). The van der Waals surface area contributed by atoms with Crippen molar-refractivity contribution in [1.82, 2.24) is 5.32 Å². The van der Waals surface area contributed by atoms with Crippen LogP contribution in [0.25, 0.3) is 0 Å². The van der Waals surface area contributed by atoms with E-state index in [2.05, 4.69) is 5.32 Å². The number of esters is 1. The van der Waals surface area contributed by atoms with Crippen molar-refractivity contribution in [3.8, 4) is 6.07 Å². The number of rotatable bonds is 8. The molecule has 6 nitrogen and oxygen atoms in total. The summed E-state index contributed by atoms with van der Waals surface area (Å²) in [6.07, 6.45) is -0.149. The van der Waals surface area contributed by atoms with Crippen molar-refractivity contribution in [2.45, 2.75) is 40.2 Å². The predicted octanol–water partition coefficient (Wildman–Crippen LogP) is 1.01. The highest BCUT2D eigenvalue weighted by Gasteiger charge is 2.40. The third-order valence-corrected chi connectivity index (χ3v) is 2.48. The molecule has 19 heavy (non-hydrogen) atoms. The molecule has 0 aromatic rings. The van der Waals surface area contributed by atoms with Gasteiger partial charge in [-0.15, -0.1) is 0 Å². The van der Waals surface area contributed by atoms with Gasteiger partial charge in [-0.25, -0.2) is 0 Å². The molecular weight excluding hydrogens is 248 g/mol. The average molecular weight is 270 g/mol. The van der Waals surface area contributed by atoms with E-state index in [9.17, 15) is 9.59 Å². The number of amides is 1. The summed E-state index contributed by atoms with van der Waals surface area (Å²) < 4.78 is 10.4. The maximum absolute atomic E-state index is 12.1. The number of hydrogen-bond donors (Lipinski definition) is 1. The molecule has 0 heterocycles. The monoisotopic (exact) mass is 270 g/mol. The number of nitrogens with zero attached hydrogens (tertiary/aromatic N) is 1. The van der Waals surface area contributed by atoms with Gasteiger partial charge in [0.15, 0.2) is 0 Å². The third-order valence-electron chi connectivity index (χ3n) is 2.48. The van der Waals surface area contributed by atoms with Crippen LogP contribution in [0.15, 0.2) is 0 Å². The number of hydrogen-bond acceptors (Lipinski definition) is 5. The molecule has 0 bridgehead atoms. The Morgan fingerprint density at radius 1 is 1.37 bits per heavy atom. The number of carbonyl (C=O) groups excluding carboxylic acids is 2. The van der Waals surface area contributed by atoms with Crippen LogP contribution in [0.2, 0.25) is 0 Å². The van der Waals surface area contributed by atoms with E-state index in [4.69, 9.17) is 14.7 Å². The highest BCUT2D eigenvalue weighted by Crippen LogP contribution is 2.24. The summed E-state index contributed by atoms with van der Waals surface area (Å²) >= 11 is 0. The zero-order chi connectivity index (χ0) is 14.9. The van der Waals surface area contributed by atoms with Gasteiger partial charge in [0, 0.05) is 13.5 Å². The normalized spacial score (nSPS) is 13.5. The minimum Gasteiger partial charge on any atom is -0.465 e. The Morgan fingerprint density at radius 2 is 2.00 bits per heavy atom. The highest BCUT2D eigenvalue weighted by atomic mass is 16.5. The van der Waals surface area contributed by atoms with E-state index in [-0.39, 0.29) is 31.6 Å². The van der Waals surface area contributed by atoms with E-state index in [1.807, 2.05) is 19.9 Å². The van der Waals surface area contributed by atoms with E-state index in [1.54, 1.807) is 6.92 Å². The van der Waals surface area contributed by atoms with Crippen LogP contribution in [0.5, 0.6) is 0 Å². The molecule has 0 radical (unpaired) electrons. The van der Waals surface area contributed by atoms with Crippen LogP contribution < -0.4 is 5.32 Å². The van der Waals surface area contributed by atoms with Crippen LogP contribution in [0.1, 0.15) is 34.1 Å². The van der Waals surface area contributed by atoms with Crippen LogP contribution >= 0.6 is 0 Å². The predicted molar refractivity (Wildman–Crippen MR) is 69.1 cm³/mol. The number of ether oxygens (including phenoxy) is 2. The van der Waals surface area contributed by atoms with Gasteiger partial charge < -0.3 is 14.8 Å². The Labute approximate surface area is 114 Å². The van der Waals surface area contributed by atoms with Gasteiger partial charge in [0.05, 0.1) is 25.2 Å². The molecule has 1 amide bonds. The Morgan fingerprint density at radius 3 is 2.42 bits per heavy atom. The van der Waals surface area contributed by atoms with E-state index >= 15 is 0 Å². The lowest BCUT2D eigenvalue weighted by molar-refractivity contribution is -0.152. The molecule has 0 fully saturated rings. The summed E-state index contributed by atoms with van der Waals surface area (Å²) in [6.45, 7) is 7.03. The van der Waals surface area contributed by atoms with Crippen molar-refractivity contribution in [2.24, 2.45) is 5.41 Å². The number of nitrogens with one attached hydrogen (secondary N) is 1. The first-order chi connectivity index (χ1) is 8.88. The first-order valence-corrected chi connectivity index (χ1v) is 6.28. The lowest BCUT2D eigenvalue weighted by Crippen LogP contribution is -2.48. The van der Waals surface area contributed by atoms with Gasteiger partial charge in [-0.1, -0.05) is 0 Å². The lowest BCUT2D eigenvalue weighted by Gasteiger charge is -2.30. The molecule has 108 valence electrons. The van der Waals surface area contributed by atoms with Crippen molar-refractivity contribution in [2.75, 3.05) is 19.8 Å². The summed E-state index contributed by atoms with van der Waals surface area (Å²) in [6, 6.07) is 1.96. The molecular formula is C13H22N2O4. The number of carbonyl (C=O) groups is 2. The Hall–Kier alpha value is -1.61. The minimum atomic E-state index is -1.15. The van der Waals surface area contributed by atoms with Crippen molar-refractivity contribution < 1.29 is 19.1 Å². The maximum Gasteiger partial charge on any atom is 0.302 e. The van der Waals surface area contributed by atoms with Crippen LogP contribution in [-0.4, -0.2) is 37.7 Å². The second kappa shape index (κ2) is 8.48. The van der Waals surface area contributed by atoms with Gasteiger partial charge in [-0.2, -0.15) is 5.26 Å². The second-order valence-corrected chi connectivity index (χ2v) is 4.61. The molecule has 0 aliphatic heterocycles. The van der Waals surface area contributed by atoms with Crippen molar-refractivity contribution in [3.05, 3.63) is 0 Å². The van der Waals surface area contributed by atoms with Crippen LogP contribution in [-0.2, 0) is 19.1 Å². The maximum atomic E-state index is 12.1. The number of nitriles is 1. The van der Waals surface area contributed by atoms with Gasteiger partial charge in [-0.3, -0.25) is 9.59 Å². The highest BCUT2D eigenvalue weighted by molar-refractivity contribution is 5.83. The molecule has 0 aliphatic rings. The summed E-state index contributed by atoms with van der Waals surface area (Å²) in [5.74, 6) is -0.824. The summed E-state index contributed by atoms with van der Waals surface area (Å²) in [5.41, 5.74) is -1.15. The zero-order valence-electron chi connectivity index (χ0n) is 12.0. The molecule has 0 aromatic carbocycles. The molecule has 0 saturated carbocycles. The fraction of sp³-hybridized carbons (Fsp3) is 0.769. The van der Waals surface area contributed by atoms with Crippen LogP contribution in [0.3, 0.4) is 0 Å². The summed E-state index contributed by atoms with van der Waals surface area (Å²) in [7, 11) is 0. The quantitative estimate of drug-likeness (QED) is 0.665. The first-order valence-electron chi connectivity index (χ1n) is 6.28. The third kappa shape index (κ3) is 6.20. The topological polar surface area (TPSA) is 88.4 Å². The Bertz CT molecular complexity index is 349. The molecule has 0 aliphatic carbocycles.